The number of aliphatic hydroxyl groups excluding tert-OH is 2. The van der Waals surface area contributed by atoms with Crippen LogP contribution in [0.15, 0.2) is 133 Å². The fourth-order valence-electron chi connectivity index (χ4n) is 6.27. The monoisotopic (exact) mass is 694 g/mol. The van der Waals surface area contributed by atoms with E-state index in [-0.39, 0.29) is 13.2 Å². The Morgan fingerprint density at radius 2 is 0.808 bits per heavy atom. The van der Waals surface area contributed by atoms with Gasteiger partial charge in [-0.3, -0.25) is 19.2 Å². The molecule has 0 radical (unpaired) electrons. The average Bonchev–Trinajstić information content (AvgIpc) is 3.18. The van der Waals surface area contributed by atoms with Gasteiger partial charge < -0.3 is 31.5 Å². The zero-order valence-electron chi connectivity index (χ0n) is 28.2. The molecule has 262 valence electrons. The van der Waals surface area contributed by atoms with E-state index in [2.05, 4.69) is 21.3 Å². The minimum Gasteiger partial charge on any atom is -0.394 e. The van der Waals surface area contributed by atoms with Gasteiger partial charge in [-0.05, 0) is 57.6 Å². The Morgan fingerprint density at radius 1 is 0.442 bits per heavy atom. The third-order valence-electron chi connectivity index (χ3n) is 8.78. The van der Waals surface area contributed by atoms with Crippen LogP contribution < -0.4 is 21.3 Å². The van der Waals surface area contributed by atoms with E-state index in [1.807, 2.05) is 121 Å². The Morgan fingerprint density at radius 3 is 1.19 bits per heavy atom. The Kier molecular flexibility index (Phi) is 11.3. The van der Waals surface area contributed by atoms with Crippen LogP contribution in [0.2, 0.25) is 0 Å². The largest absolute Gasteiger partial charge is 0.394 e. The quantitative estimate of drug-likeness (QED) is 0.105. The molecule has 0 aliphatic heterocycles. The zero-order chi connectivity index (χ0) is 36.5. The van der Waals surface area contributed by atoms with Crippen molar-refractivity contribution in [3.8, 4) is 11.1 Å². The molecule has 52 heavy (non-hydrogen) atoms. The molecule has 0 saturated carbocycles. The number of anilines is 2. The van der Waals surface area contributed by atoms with Gasteiger partial charge in [0.05, 0.1) is 25.3 Å². The molecule has 0 fully saturated rings. The summed E-state index contributed by atoms with van der Waals surface area (Å²) < 4.78 is 0. The second-order valence-electron chi connectivity index (χ2n) is 12.4. The molecular weight excluding hydrogens is 656 g/mol. The third-order valence-corrected chi connectivity index (χ3v) is 8.78. The minimum atomic E-state index is -0.943. The van der Waals surface area contributed by atoms with Crippen molar-refractivity contribution in [1.82, 2.24) is 10.6 Å². The Labute approximate surface area is 300 Å². The highest BCUT2D eigenvalue weighted by Crippen LogP contribution is 2.43. The molecule has 6 rings (SSSR count). The molecular formula is C42H38N4O6. The van der Waals surface area contributed by atoms with Gasteiger partial charge in [-0.25, -0.2) is 0 Å². The molecule has 0 bridgehead atoms. The molecule has 0 unspecified atom stereocenters. The normalized spacial score (nSPS) is 12.1. The summed E-state index contributed by atoms with van der Waals surface area (Å²) in [6.07, 6.45) is 0.658. The molecule has 10 heteroatoms. The maximum absolute atomic E-state index is 13.5. The molecule has 6 N–H and O–H groups in total. The number of aliphatic hydroxyl groups is 2. The highest BCUT2D eigenvalue weighted by molar-refractivity contribution is 6.41. The van der Waals surface area contributed by atoms with Crippen LogP contribution in [0.4, 0.5) is 11.4 Å². The van der Waals surface area contributed by atoms with Gasteiger partial charge in [0.15, 0.2) is 0 Å². The maximum atomic E-state index is 13.5. The fraction of sp³-hybridized carbons (Fsp3) is 0.143. The molecule has 0 heterocycles. The van der Waals surface area contributed by atoms with Crippen LogP contribution in [-0.4, -0.2) is 59.1 Å². The number of fused-ring (bicyclic) bond motifs is 2. The summed E-state index contributed by atoms with van der Waals surface area (Å²) >= 11 is 0. The van der Waals surface area contributed by atoms with Crippen LogP contribution in [0.1, 0.15) is 11.1 Å². The minimum absolute atomic E-state index is 0.293. The first-order chi connectivity index (χ1) is 25.3. The SMILES string of the molecule is O=C(Nc1ccc2ccccc2c1-c1c(NC(=O)C(=O)N[C@H](CO)Cc2ccccc2)ccc2ccccc12)C(=O)N[C@H](CO)Cc1ccccc1. The lowest BCUT2D eigenvalue weighted by Gasteiger charge is -2.21. The van der Waals surface area contributed by atoms with E-state index in [0.29, 0.717) is 35.3 Å². The lowest BCUT2D eigenvalue weighted by Crippen LogP contribution is -2.44. The van der Waals surface area contributed by atoms with Gasteiger partial charge in [-0.15, -0.1) is 0 Å². The molecule has 0 aliphatic rings. The number of hydrogen-bond acceptors (Lipinski definition) is 6. The predicted molar refractivity (Wildman–Crippen MR) is 202 cm³/mol. The van der Waals surface area contributed by atoms with Crippen molar-refractivity contribution in [2.75, 3.05) is 23.8 Å². The lowest BCUT2D eigenvalue weighted by molar-refractivity contribution is -0.136. The topological polar surface area (TPSA) is 157 Å². The highest BCUT2D eigenvalue weighted by atomic mass is 16.3. The van der Waals surface area contributed by atoms with Gasteiger partial charge in [0, 0.05) is 22.5 Å². The van der Waals surface area contributed by atoms with Crippen molar-refractivity contribution in [2.24, 2.45) is 0 Å². The van der Waals surface area contributed by atoms with E-state index in [1.54, 1.807) is 12.1 Å². The Hall–Kier alpha value is -6.36. The molecule has 0 aromatic heterocycles. The van der Waals surface area contributed by atoms with Crippen LogP contribution in [-0.2, 0) is 32.0 Å². The summed E-state index contributed by atoms with van der Waals surface area (Å²) in [5.74, 6) is -3.74. The second-order valence-corrected chi connectivity index (χ2v) is 12.4. The van der Waals surface area contributed by atoms with Gasteiger partial charge in [-0.1, -0.05) is 121 Å². The van der Waals surface area contributed by atoms with Gasteiger partial charge in [0.2, 0.25) is 0 Å². The zero-order valence-corrected chi connectivity index (χ0v) is 28.2. The van der Waals surface area contributed by atoms with Crippen LogP contribution in [0.25, 0.3) is 32.7 Å². The van der Waals surface area contributed by atoms with E-state index < -0.39 is 35.7 Å². The fourth-order valence-corrected chi connectivity index (χ4v) is 6.27. The number of hydrogen-bond donors (Lipinski definition) is 6. The van der Waals surface area contributed by atoms with Gasteiger partial charge in [0.1, 0.15) is 0 Å². The van der Waals surface area contributed by atoms with E-state index >= 15 is 0 Å². The maximum Gasteiger partial charge on any atom is 0.313 e. The lowest BCUT2D eigenvalue weighted by atomic mass is 9.91. The number of carbonyl (C=O) groups excluding carboxylic acids is 4. The van der Waals surface area contributed by atoms with Crippen molar-refractivity contribution < 1.29 is 29.4 Å². The smallest absolute Gasteiger partial charge is 0.313 e. The highest BCUT2D eigenvalue weighted by Gasteiger charge is 2.25. The molecule has 6 aromatic carbocycles. The first kappa shape index (κ1) is 35.5. The molecule has 6 aromatic rings. The van der Waals surface area contributed by atoms with Crippen molar-refractivity contribution in [1.29, 1.82) is 0 Å². The first-order valence-electron chi connectivity index (χ1n) is 16.9. The molecule has 2 atom stereocenters. The number of carbonyl (C=O) groups is 4. The molecule has 10 nitrogen and oxygen atoms in total. The van der Waals surface area contributed by atoms with Crippen LogP contribution in [0, 0.1) is 0 Å². The van der Waals surface area contributed by atoms with Crippen molar-refractivity contribution in [3.05, 3.63) is 145 Å². The van der Waals surface area contributed by atoms with E-state index in [9.17, 15) is 29.4 Å². The molecule has 0 saturated heterocycles. The number of benzene rings is 6. The summed E-state index contributed by atoms with van der Waals surface area (Å²) in [7, 11) is 0. The van der Waals surface area contributed by atoms with Crippen LogP contribution in [0.5, 0.6) is 0 Å². The molecule has 4 amide bonds. The van der Waals surface area contributed by atoms with Crippen molar-refractivity contribution >= 4 is 56.5 Å². The van der Waals surface area contributed by atoms with Crippen molar-refractivity contribution in [3.63, 3.8) is 0 Å². The summed E-state index contributed by atoms with van der Waals surface area (Å²) in [4.78, 5) is 53.3. The standard InChI is InChI=1S/C42H38N4O6/c47-25-31(23-27-11-3-1-4-12-27)43-39(49)41(51)45-35-21-19-29-15-7-9-17-33(29)37(35)38-34-18-10-8-16-30(34)20-22-36(38)46-42(52)40(50)44-32(26-48)24-28-13-5-2-6-14-28/h1-22,31-32,47-48H,23-26H2,(H,43,49)(H,44,50)(H,45,51)(H,46,52)/t31-,32-/m0/s1. The second kappa shape index (κ2) is 16.6. The van der Waals surface area contributed by atoms with Crippen molar-refractivity contribution in [2.45, 2.75) is 24.9 Å². The van der Waals surface area contributed by atoms with Crippen LogP contribution in [0.3, 0.4) is 0 Å². The van der Waals surface area contributed by atoms with Crippen LogP contribution >= 0.6 is 0 Å². The van der Waals surface area contributed by atoms with Gasteiger partial charge in [-0.2, -0.15) is 0 Å². The number of amides is 4. The average molecular weight is 695 g/mol. The third kappa shape index (κ3) is 8.32. The van der Waals surface area contributed by atoms with E-state index in [0.717, 1.165) is 32.7 Å². The molecule has 0 spiro atoms. The summed E-state index contributed by atoms with van der Waals surface area (Å²) in [6, 6.07) is 39.3. The van der Waals surface area contributed by atoms with Gasteiger partial charge >= 0.3 is 23.6 Å². The first-order valence-corrected chi connectivity index (χ1v) is 16.9. The molecule has 0 aliphatic carbocycles. The summed E-state index contributed by atoms with van der Waals surface area (Å²) in [5.41, 5.74) is 3.41. The predicted octanol–water partition coefficient (Wildman–Crippen LogP) is 4.98. The number of rotatable bonds is 11. The Bertz CT molecular complexity index is 2070. The Balaban J connectivity index is 1.33. The summed E-state index contributed by atoms with van der Waals surface area (Å²) in [5, 5.41) is 33.8. The number of nitrogens with one attached hydrogen (secondary N) is 4. The van der Waals surface area contributed by atoms with Gasteiger partial charge in [0.25, 0.3) is 0 Å². The van der Waals surface area contributed by atoms with E-state index in [4.69, 9.17) is 0 Å². The van der Waals surface area contributed by atoms with E-state index in [1.165, 1.54) is 0 Å². The summed E-state index contributed by atoms with van der Waals surface area (Å²) in [6.45, 7) is -0.736.